The zero-order chi connectivity index (χ0) is 31.7. The highest BCUT2D eigenvalue weighted by Crippen LogP contribution is 2.75. The van der Waals surface area contributed by atoms with Gasteiger partial charge < -0.3 is 35.0 Å². The van der Waals surface area contributed by atoms with E-state index in [0.717, 1.165) is 51.4 Å². The van der Waals surface area contributed by atoms with Gasteiger partial charge >= 0.3 is 0 Å². The lowest BCUT2D eigenvalue weighted by atomic mass is 9.35. The van der Waals surface area contributed by atoms with E-state index >= 15 is 0 Å². The third-order valence-corrected chi connectivity index (χ3v) is 14.0. The van der Waals surface area contributed by atoms with Crippen molar-refractivity contribution in [3.8, 4) is 0 Å². The van der Waals surface area contributed by atoms with Gasteiger partial charge in [-0.3, -0.25) is 0 Å². The Morgan fingerprint density at radius 3 is 2.14 bits per heavy atom. The van der Waals surface area contributed by atoms with E-state index in [4.69, 9.17) is 9.47 Å². The number of aliphatic hydroxyl groups is 5. The molecule has 0 bridgehead atoms. The molecule has 0 aromatic heterocycles. The molecular formula is C36H60O7. The molecule has 14 unspecified atom stereocenters. The van der Waals surface area contributed by atoms with Gasteiger partial charge in [0.25, 0.3) is 0 Å². The van der Waals surface area contributed by atoms with Crippen LogP contribution in [0.1, 0.15) is 107 Å². The smallest absolute Gasteiger partial charge is 0.186 e. The molecule has 5 rings (SSSR count). The molecule has 0 amide bonds. The molecule has 5 aliphatic rings. The molecular weight excluding hydrogens is 544 g/mol. The lowest BCUT2D eigenvalue weighted by molar-refractivity contribution is -0.331. The van der Waals surface area contributed by atoms with Crippen LogP contribution in [0.3, 0.4) is 0 Å². The van der Waals surface area contributed by atoms with Crippen LogP contribution in [0.25, 0.3) is 0 Å². The fraction of sp³-hybridized carbons (Fsp3) is 0.889. The third-order valence-electron chi connectivity index (χ3n) is 14.0. The van der Waals surface area contributed by atoms with Gasteiger partial charge in [0.05, 0.1) is 18.8 Å². The number of hydrogen-bond acceptors (Lipinski definition) is 7. The Balaban J connectivity index is 1.38. The summed E-state index contributed by atoms with van der Waals surface area (Å²) >= 11 is 0. The molecule has 7 heteroatoms. The van der Waals surface area contributed by atoms with Crippen LogP contribution in [-0.2, 0) is 9.47 Å². The third kappa shape index (κ3) is 5.21. The quantitative estimate of drug-likeness (QED) is 0.211. The molecule has 0 radical (unpaired) electrons. The second-order valence-corrected chi connectivity index (χ2v) is 16.6. The van der Waals surface area contributed by atoms with Gasteiger partial charge in [-0.1, -0.05) is 57.9 Å². The largest absolute Gasteiger partial charge is 0.394 e. The van der Waals surface area contributed by atoms with Gasteiger partial charge in [-0.05, 0) is 117 Å². The average molecular weight is 605 g/mol. The standard InChI is InChI=1S/C36H60O7/c1-20(2)10-9-11-21(3)22-12-16-36(8)28(22)23(38)18-26-34(6)15-14-27(33(4,5)25(34)13-17-35(26,36)7)43-32-31(41)30(40)29(39)24(19-37)42-32/h10-11,22-32,37-41H,9,12-19H2,1-8H3/b21-11+. The van der Waals surface area contributed by atoms with Crippen LogP contribution in [0.2, 0.25) is 0 Å². The second-order valence-electron chi connectivity index (χ2n) is 16.6. The Kier molecular flexibility index (Phi) is 9.19. The van der Waals surface area contributed by atoms with Crippen molar-refractivity contribution in [1.29, 1.82) is 0 Å². The first-order chi connectivity index (χ1) is 20.0. The van der Waals surface area contributed by atoms with E-state index in [2.05, 4.69) is 67.5 Å². The second kappa shape index (κ2) is 11.8. The molecule has 1 saturated heterocycles. The maximum atomic E-state index is 12.0. The van der Waals surface area contributed by atoms with Gasteiger partial charge in [0, 0.05) is 0 Å². The predicted octanol–water partition coefficient (Wildman–Crippen LogP) is 5.13. The van der Waals surface area contributed by atoms with Gasteiger partial charge in [-0.15, -0.1) is 0 Å². The molecule has 1 aliphatic heterocycles. The van der Waals surface area contributed by atoms with Crippen molar-refractivity contribution in [1.82, 2.24) is 0 Å². The predicted molar refractivity (Wildman–Crippen MR) is 167 cm³/mol. The van der Waals surface area contributed by atoms with Gasteiger partial charge in [0.1, 0.15) is 24.4 Å². The Hall–Kier alpha value is -0.800. The lowest BCUT2D eigenvalue weighted by Gasteiger charge is -2.70. The van der Waals surface area contributed by atoms with E-state index in [0.29, 0.717) is 17.8 Å². The number of hydrogen-bond donors (Lipinski definition) is 5. The van der Waals surface area contributed by atoms with Crippen molar-refractivity contribution in [2.24, 2.45) is 45.3 Å². The first-order valence-electron chi connectivity index (χ1n) is 17.0. The first kappa shape index (κ1) is 33.6. The fourth-order valence-electron chi connectivity index (χ4n) is 11.5. The number of aliphatic hydroxyl groups excluding tert-OH is 5. The lowest BCUT2D eigenvalue weighted by Crippen LogP contribution is -2.67. The summed E-state index contributed by atoms with van der Waals surface area (Å²) in [6.45, 7) is 18.2. The Bertz CT molecular complexity index is 1080. The topological polar surface area (TPSA) is 120 Å². The fourth-order valence-corrected chi connectivity index (χ4v) is 11.5. The van der Waals surface area contributed by atoms with Crippen LogP contribution in [0.5, 0.6) is 0 Å². The molecule has 5 fully saturated rings. The van der Waals surface area contributed by atoms with Crippen molar-refractivity contribution in [2.75, 3.05) is 6.61 Å². The molecule has 1 heterocycles. The van der Waals surface area contributed by atoms with E-state index in [1.807, 2.05) is 0 Å². The highest BCUT2D eigenvalue weighted by molar-refractivity contribution is 5.23. The molecule has 7 nitrogen and oxygen atoms in total. The monoisotopic (exact) mass is 604 g/mol. The van der Waals surface area contributed by atoms with Gasteiger partial charge in [-0.2, -0.15) is 0 Å². The van der Waals surface area contributed by atoms with Crippen LogP contribution >= 0.6 is 0 Å². The number of fused-ring (bicyclic) bond motifs is 5. The van der Waals surface area contributed by atoms with Crippen molar-refractivity contribution < 1.29 is 35.0 Å². The summed E-state index contributed by atoms with van der Waals surface area (Å²) in [5.41, 5.74) is 2.80. The number of allylic oxidation sites excluding steroid dienone is 4. The van der Waals surface area contributed by atoms with E-state index in [-0.39, 0.29) is 39.8 Å². The van der Waals surface area contributed by atoms with E-state index < -0.39 is 37.3 Å². The van der Waals surface area contributed by atoms with Crippen LogP contribution in [-0.4, -0.2) is 75.1 Å². The van der Waals surface area contributed by atoms with Crippen molar-refractivity contribution in [2.45, 2.75) is 150 Å². The van der Waals surface area contributed by atoms with Crippen molar-refractivity contribution >= 4 is 0 Å². The van der Waals surface area contributed by atoms with E-state index in [9.17, 15) is 25.5 Å². The summed E-state index contributed by atoms with van der Waals surface area (Å²) in [6.07, 6.45) is 5.90. The molecule has 5 N–H and O–H groups in total. The van der Waals surface area contributed by atoms with Gasteiger partial charge in [0.15, 0.2) is 6.29 Å². The maximum absolute atomic E-state index is 12.0. The zero-order valence-corrected chi connectivity index (χ0v) is 27.9. The summed E-state index contributed by atoms with van der Waals surface area (Å²) in [7, 11) is 0. The summed E-state index contributed by atoms with van der Waals surface area (Å²) < 4.78 is 12.2. The molecule has 246 valence electrons. The van der Waals surface area contributed by atoms with Crippen LogP contribution in [0.4, 0.5) is 0 Å². The van der Waals surface area contributed by atoms with Crippen LogP contribution < -0.4 is 0 Å². The maximum Gasteiger partial charge on any atom is 0.186 e. The van der Waals surface area contributed by atoms with Gasteiger partial charge in [0.2, 0.25) is 0 Å². The molecule has 0 aromatic carbocycles. The molecule has 0 spiro atoms. The Labute approximate surface area is 259 Å². The van der Waals surface area contributed by atoms with E-state index in [1.165, 1.54) is 11.1 Å². The van der Waals surface area contributed by atoms with Crippen LogP contribution in [0, 0.1) is 45.3 Å². The minimum atomic E-state index is -1.44. The summed E-state index contributed by atoms with van der Waals surface area (Å²) in [5, 5.41) is 52.9. The normalized spacial score (nSPS) is 51.3. The Morgan fingerprint density at radius 2 is 1.49 bits per heavy atom. The first-order valence-corrected chi connectivity index (χ1v) is 17.0. The highest BCUT2D eigenvalue weighted by Gasteiger charge is 2.70. The van der Waals surface area contributed by atoms with Crippen molar-refractivity contribution in [3.05, 3.63) is 23.3 Å². The molecule has 0 aromatic rings. The SMILES string of the molecule is CC(C)=CC/C=C(\C)C1CCC2(C)C1C(O)CC1C3(C)CCC(OC4OC(CO)C(O)C(O)C4O)C(C)(C)C3CCC12C. The highest BCUT2D eigenvalue weighted by atomic mass is 16.7. The summed E-state index contributed by atoms with van der Waals surface area (Å²) in [6, 6.07) is 0. The molecule has 4 aliphatic carbocycles. The van der Waals surface area contributed by atoms with E-state index in [1.54, 1.807) is 0 Å². The minimum absolute atomic E-state index is 0.0348. The average Bonchev–Trinajstić information content (AvgIpc) is 3.31. The van der Waals surface area contributed by atoms with Gasteiger partial charge in [-0.25, -0.2) is 0 Å². The summed E-state index contributed by atoms with van der Waals surface area (Å²) in [5.74, 6) is 1.48. The summed E-state index contributed by atoms with van der Waals surface area (Å²) in [4.78, 5) is 0. The Morgan fingerprint density at radius 1 is 0.814 bits per heavy atom. The molecule has 4 saturated carbocycles. The van der Waals surface area contributed by atoms with Crippen molar-refractivity contribution in [3.63, 3.8) is 0 Å². The minimum Gasteiger partial charge on any atom is -0.394 e. The molecule has 43 heavy (non-hydrogen) atoms. The zero-order valence-electron chi connectivity index (χ0n) is 27.9. The molecule has 14 atom stereocenters. The number of rotatable bonds is 6. The van der Waals surface area contributed by atoms with Crippen LogP contribution in [0.15, 0.2) is 23.3 Å². The number of ether oxygens (including phenoxy) is 2.